The molecule has 1 amide bonds. The smallest absolute Gasteiger partial charge is 0.228 e. The van der Waals surface area contributed by atoms with Crippen molar-refractivity contribution in [2.45, 2.75) is 32.1 Å². The quantitative estimate of drug-likeness (QED) is 0.730. The third-order valence-electron chi connectivity index (χ3n) is 3.50. The fraction of sp³-hybridized carbons (Fsp3) is 0.714. The molecule has 3 N–H and O–H groups in total. The Hall–Kier alpha value is -0.980. The topological polar surface area (TPSA) is 71.2 Å². The molecule has 1 aliphatic rings. The standard InChI is InChI=1S/C14H24N4OS/c15-5-3-1-2-4-13-17-12(11-20-13)10-14(19)18-8-6-16-7-9-18/h11,16H,1-10,15H2. The number of aryl methyl sites for hydroxylation is 1. The van der Waals surface area contributed by atoms with Crippen molar-refractivity contribution in [1.29, 1.82) is 0 Å². The monoisotopic (exact) mass is 296 g/mol. The van der Waals surface area contributed by atoms with Crippen molar-refractivity contribution in [2.24, 2.45) is 5.73 Å². The summed E-state index contributed by atoms with van der Waals surface area (Å²) in [5, 5.41) is 6.42. The fourth-order valence-electron chi connectivity index (χ4n) is 2.32. The molecule has 0 bridgehead atoms. The highest BCUT2D eigenvalue weighted by Crippen LogP contribution is 2.14. The third-order valence-corrected chi connectivity index (χ3v) is 4.45. The average Bonchev–Trinajstić information content (AvgIpc) is 2.92. The van der Waals surface area contributed by atoms with Crippen molar-refractivity contribution in [1.82, 2.24) is 15.2 Å². The van der Waals surface area contributed by atoms with E-state index >= 15 is 0 Å². The molecule has 0 radical (unpaired) electrons. The molecule has 1 fully saturated rings. The first-order chi connectivity index (χ1) is 9.79. The van der Waals surface area contributed by atoms with E-state index in [2.05, 4.69) is 10.3 Å². The minimum absolute atomic E-state index is 0.200. The molecule has 0 aliphatic carbocycles. The van der Waals surface area contributed by atoms with E-state index in [-0.39, 0.29) is 5.91 Å². The summed E-state index contributed by atoms with van der Waals surface area (Å²) in [4.78, 5) is 18.6. The number of thiazole rings is 1. The van der Waals surface area contributed by atoms with Crippen molar-refractivity contribution in [3.05, 3.63) is 16.1 Å². The molecule has 2 heterocycles. The molecule has 112 valence electrons. The van der Waals surface area contributed by atoms with Crippen molar-refractivity contribution in [3.63, 3.8) is 0 Å². The van der Waals surface area contributed by atoms with Gasteiger partial charge in [-0.25, -0.2) is 4.98 Å². The summed E-state index contributed by atoms with van der Waals surface area (Å²) in [5.74, 6) is 0.200. The number of hydrogen-bond donors (Lipinski definition) is 2. The SMILES string of the molecule is NCCCCCc1nc(CC(=O)N2CCNCC2)cs1. The molecule has 0 unspecified atom stereocenters. The largest absolute Gasteiger partial charge is 0.340 e. The number of piperazine rings is 1. The summed E-state index contributed by atoms with van der Waals surface area (Å²) in [6.45, 7) is 4.19. The van der Waals surface area contributed by atoms with Crippen LogP contribution in [0.4, 0.5) is 0 Å². The molecule has 6 heteroatoms. The number of rotatable bonds is 7. The molecule has 2 rings (SSSR count). The lowest BCUT2D eigenvalue weighted by atomic mass is 10.2. The van der Waals surface area contributed by atoms with Crippen LogP contribution in [0.15, 0.2) is 5.38 Å². The summed E-state index contributed by atoms with van der Waals surface area (Å²) < 4.78 is 0. The van der Waals surface area contributed by atoms with Gasteiger partial charge in [-0.05, 0) is 25.8 Å². The Balaban J connectivity index is 1.75. The van der Waals surface area contributed by atoms with Crippen LogP contribution >= 0.6 is 11.3 Å². The van der Waals surface area contributed by atoms with Gasteiger partial charge in [-0.2, -0.15) is 0 Å². The molecule has 0 atom stereocenters. The van der Waals surface area contributed by atoms with Gasteiger partial charge in [-0.15, -0.1) is 11.3 Å². The third kappa shape index (κ3) is 4.85. The van der Waals surface area contributed by atoms with Crippen LogP contribution in [-0.2, 0) is 17.6 Å². The first-order valence-corrected chi connectivity index (χ1v) is 8.29. The van der Waals surface area contributed by atoms with E-state index in [9.17, 15) is 4.79 Å². The molecule has 0 saturated carbocycles. The molecule has 5 nitrogen and oxygen atoms in total. The maximum Gasteiger partial charge on any atom is 0.228 e. The second kappa shape index (κ2) is 8.34. The highest BCUT2D eigenvalue weighted by Gasteiger charge is 2.17. The number of amides is 1. The lowest BCUT2D eigenvalue weighted by Crippen LogP contribution is -2.46. The Labute approximate surface area is 124 Å². The van der Waals surface area contributed by atoms with Crippen LogP contribution in [0.2, 0.25) is 0 Å². The first kappa shape index (κ1) is 15.4. The Kier molecular flexibility index (Phi) is 6.42. The number of nitrogens with one attached hydrogen (secondary N) is 1. The van der Waals surface area contributed by atoms with E-state index in [0.717, 1.165) is 69.1 Å². The second-order valence-electron chi connectivity index (χ2n) is 5.14. The Morgan fingerprint density at radius 3 is 2.90 bits per heavy atom. The van der Waals surface area contributed by atoms with Crippen molar-refractivity contribution in [2.75, 3.05) is 32.7 Å². The molecule has 0 spiro atoms. The average molecular weight is 296 g/mol. The maximum atomic E-state index is 12.1. The molecule has 20 heavy (non-hydrogen) atoms. The van der Waals surface area contributed by atoms with Gasteiger partial charge in [0.25, 0.3) is 0 Å². The lowest BCUT2D eigenvalue weighted by Gasteiger charge is -2.27. The number of nitrogens with zero attached hydrogens (tertiary/aromatic N) is 2. The molecule has 0 aromatic carbocycles. The minimum atomic E-state index is 0.200. The van der Waals surface area contributed by atoms with Crippen LogP contribution in [0.3, 0.4) is 0 Å². The van der Waals surface area contributed by atoms with Gasteiger partial charge < -0.3 is 16.0 Å². The van der Waals surface area contributed by atoms with Gasteiger partial charge in [0, 0.05) is 31.6 Å². The summed E-state index contributed by atoms with van der Waals surface area (Å²) >= 11 is 1.67. The number of aromatic nitrogens is 1. The molecule has 1 saturated heterocycles. The van der Waals surface area contributed by atoms with Gasteiger partial charge in [0.2, 0.25) is 5.91 Å². The van der Waals surface area contributed by atoms with Crippen LogP contribution in [0, 0.1) is 0 Å². The lowest BCUT2D eigenvalue weighted by molar-refractivity contribution is -0.131. The fourth-order valence-corrected chi connectivity index (χ4v) is 3.16. The van der Waals surface area contributed by atoms with Crippen LogP contribution in [0.25, 0.3) is 0 Å². The zero-order chi connectivity index (χ0) is 14.2. The normalized spacial score (nSPS) is 15.6. The molecular weight excluding hydrogens is 272 g/mol. The van der Waals surface area contributed by atoms with Gasteiger partial charge >= 0.3 is 0 Å². The predicted octanol–water partition coefficient (Wildman–Crippen LogP) is 0.789. The summed E-state index contributed by atoms with van der Waals surface area (Å²) in [6.07, 6.45) is 4.83. The van der Waals surface area contributed by atoms with Gasteiger partial charge in [0.1, 0.15) is 0 Å². The highest BCUT2D eigenvalue weighted by atomic mass is 32.1. The second-order valence-corrected chi connectivity index (χ2v) is 6.08. The number of hydrogen-bond acceptors (Lipinski definition) is 5. The zero-order valence-corrected chi connectivity index (χ0v) is 12.8. The van der Waals surface area contributed by atoms with Crippen molar-refractivity contribution in [3.8, 4) is 0 Å². The van der Waals surface area contributed by atoms with E-state index in [1.165, 1.54) is 0 Å². The van der Waals surface area contributed by atoms with Gasteiger partial charge in [-0.3, -0.25) is 4.79 Å². The van der Waals surface area contributed by atoms with Crippen LogP contribution < -0.4 is 11.1 Å². The van der Waals surface area contributed by atoms with Crippen LogP contribution in [0.5, 0.6) is 0 Å². The summed E-state index contributed by atoms with van der Waals surface area (Å²) in [7, 11) is 0. The Morgan fingerprint density at radius 2 is 2.15 bits per heavy atom. The van der Waals surface area contributed by atoms with Gasteiger partial charge in [-0.1, -0.05) is 6.42 Å². The number of carbonyl (C=O) groups excluding carboxylic acids is 1. The highest BCUT2D eigenvalue weighted by molar-refractivity contribution is 7.09. The summed E-state index contributed by atoms with van der Waals surface area (Å²) in [5.41, 5.74) is 6.40. The van der Waals surface area contributed by atoms with E-state index in [1.807, 2.05) is 10.3 Å². The molecular formula is C14H24N4OS. The number of nitrogens with two attached hydrogens (primary N) is 1. The molecule has 1 aromatic heterocycles. The Bertz CT molecular complexity index is 415. The number of unbranched alkanes of at least 4 members (excludes halogenated alkanes) is 2. The van der Waals surface area contributed by atoms with Gasteiger partial charge in [0.15, 0.2) is 0 Å². The van der Waals surface area contributed by atoms with Gasteiger partial charge in [0.05, 0.1) is 17.1 Å². The van der Waals surface area contributed by atoms with E-state index in [0.29, 0.717) is 6.42 Å². The predicted molar refractivity (Wildman–Crippen MR) is 81.9 cm³/mol. The van der Waals surface area contributed by atoms with E-state index in [4.69, 9.17) is 5.73 Å². The molecule has 1 aliphatic heterocycles. The maximum absolute atomic E-state index is 12.1. The van der Waals surface area contributed by atoms with Crippen LogP contribution in [0.1, 0.15) is 30.0 Å². The van der Waals surface area contributed by atoms with Crippen LogP contribution in [-0.4, -0.2) is 48.5 Å². The molecule has 1 aromatic rings. The van der Waals surface area contributed by atoms with Crippen molar-refractivity contribution < 1.29 is 4.79 Å². The minimum Gasteiger partial charge on any atom is -0.340 e. The Morgan fingerprint density at radius 1 is 1.35 bits per heavy atom. The van der Waals surface area contributed by atoms with E-state index < -0.39 is 0 Å². The van der Waals surface area contributed by atoms with E-state index in [1.54, 1.807) is 11.3 Å². The van der Waals surface area contributed by atoms with Crippen molar-refractivity contribution >= 4 is 17.2 Å². The zero-order valence-electron chi connectivity index (χ0n) is 11.9. The summed E-state index contributed by atoms with van der Waals surface area (Å²) in [6, 6.07) is 0. The number of carbonyl (C=O) groups is 1. The first-order valence-electron chi connectivity index (χ1n) is 7.41.